The Morgan fingerprint density at radius 2 is 1.94 bits per heavy atom. The summed E-state index contributed by atoms with van der Waals surface area (Å²) in [6.07, 6.45) is 3.47. The van der Waals surface area contributed by atoms with E-state index in [0.717, 1.165) is 19.3 Å². The van der Waals surface area contributed by atoms with E-state index in [1.54, 1.807) is 0 Å². The van der Waals surface area contributed by atoms with Crippen LogP contribution in [0.2, 0.25) is 0 Å². The highest BCUT2D eigenvalue weighted by molar-refractivity contribution is 7.89. The topological polar surface area (TPSA) is 78.4 Å². The summed E-state index contributed by atoms with van der Waals surface area (Å²) in [7, 11) is -3.26. The second-order valence-electron chi connectivity index (χ2n) is 5.36. The van der Waals surface area contributed by atoms with Gasteiger partial charge in [-0.2, -0.15) is 0 Å². The van der Waals surface area contributed by atoms with Gasteiger partial charge in [0.15, 0.2) is 0 Å². The van der Waals surface area contributed by atoms with Gasteiger partial charge in [-0.25, -0.2) is 13.1 Å². The monoisotopic (exact) mass is 278 g/mol. The molecule has 0 radical (unpaired) electrons. The Labute approximate surface area is 110 Å². The van der Waals surface area contributed by atoms with Crippen molar-refractivity contribution in [2.75, 3.05) is 12.3 Å². The van der Waals surface area contributed by atoms with Crippen molar-refractivity contribution in [2.24, 2.45) is 0 Å². The van der Waals surface area contributed by atoms with Crippen LogP contribution in [-0.2, 0) is 10.0 Å². The van der Waals surface area contributed by atoms with Crippen molar-refractivity contribution in [3.05, 3.63) is 0 Å². The van der Waals surface area contributed by atoms with Gasteiger partial charge in [0, 0.05) is 12.1 Å². The van der Waals surface area contributed by atoms with Gasteiger partial charge in [-0.05, 0) is 25.8 Å². The van der Waals surface area contributed by atoms with Crippen molar-refractivity contribution < 1.29 is 13.5 Å². The molecule has 0 saturated heterocycles. The van der Waals surface area contributed by atoms with E-state index in [4.69, 9.17) is 0 Å². The van der Waals surface area contributed by atoms with Gasteiger partial charge in [-0.15, -0.1) is 0 Å². The Hall–Kier alpha value is -0.170. The number of nitrogens with one attached hydrogen (secondary N) is 2. The van der Waals surface area contributed by atoms with E-state index >= 15 is 0 Å². The van der Waals surface area contributed by atoms with Gasteiger partial charge >= 0.3 is 0 Å². The first kappa shape index (κ1) is 15.9. The maximum atomic E-state index is 11.8. The highest BCUT2D eigenvalue weighted by Crippen LogP contribution is 2.19. The number of hydrogen-bond donors (Lipinski definition) is 3. The van der Waals surface area contributed by atoms with Gasteiger partial charge in [0.05, 0.1) is 11.9 Å². The summed E-state index contributed by atoms with van der Waals surface area (Å²) < 4.78 is 26.3. The molecule has 1 saturated carbocycles. The molecule has 18 heavy (non-hydrogen) atoms. The summed E-state index contributed by atoms with van der Waals surface area (Å²) in [5.74, 6) is 0.121. The highest BCUT2D eigenvalue weighted by Gasteiger charge is 2.26. The molecule has 0 amide bonds. The van der Waals surface area contributed by atoms with Crippen LogP contribution in [0.5, 0.6) is 0 Å². The summed E-state index contributed by atoms with van der Waals surface area (Å²) in [5.41, 5.74) is 0. The van der Waals surface area contributed by atoms with Gasteiger partial charge < -0.3 is 10.4 Å². The van der Waals surface area contributed by atoms with Gasteiger partial charge in [-0.1, -0.05) is 26.7 Å². The molecule has 0 bridgehead atoms. The highest BCUT2D eigenvalue weighted by atomic mass is 32.2. The van der Waals surface area contributed by atoms with Crippen LogP contribution in [0.1, 0.15) is 46.0 Å². The molecule has 1 aliphatic carbocycles. The number of aliphatic hydroxyl groups excluding tert-OH is 1. The van der Waals surface area contributed by atoms with Crippen molar-refractivity contribution in [1.29, 1.82) is 0 Å². The molecule has 0 aromatic rings. The Kier molecular flexibility index (Phi) is 6.55. The fourth-order valence-electron chi connectivity index (χ4n) is 2.19. The predicted octanol–water partition coefficient (Wildman–Crippen LogP) is 0.597. The van der Waals surface area contributed by atoms with Crippen molar-refractivity contribution in [3.8, 4) is 0 Å². The molecule has 0 aromatic carbocycles. The molecule has 1 fully saturated rings. The summed E-state index contributed by atoms with van der Waals surface area (Å²) in [5, 5.41) is 12.9. The number of hydrogen-bond acceptors (Lipinski definition) is 4. The summed E-state index contributed by atoms with van der Waals surface area (Å²) in [6, 6.07) is 0.0858. The minimum absolute atomic E-state index is 0.121. The molecule has 3 N–H and O–H groups in total. The number of sulfonamides is 1. The van der Waals surface area contributed by atoms with Crippen molar-refractivity contribution in [3.63, 3.8) is 0 Å². The molecule has 2 atom stereocenters. The second kappa shape index (κ2) is 7.43. The first-order valence-corrected chi connectivity index (χ1v) is 8.47. The van der Waals surface area contributed by atoms with E-state index in [-0.39, 0.29) is 11.8 Å². The van der Waals surface area contributed by atoms with Gasteiger partial charge in [0.2, 0.25) is 10.0 Å². The van der Waals surface area contributed by atoms with Crippen molar-refractivity contribution >= 4 is 10.0 Å². The van der Waals surface area contributed by atoms with Crippen LogP contribution in [0, 0.1) is 0 Å². The zero-order valence-electron chi connectivity index (χ0n) is 11.4. The average molecular weight is 278 g/mol. The van der Waals surface area contributed by atoms with E-state index in [1.165, 1.54) is 0 Å². The summed E-state index contributed by atoms with van der Waals surface area (Å²) in [4.78, 5) is 0. The summed E-state index contributed by atoms with van der Waals surface area (Å²) in [6.45, 7) is 4.77. The molecule has 1 rings (SSSR count). The van der Waals surface area contributed by atoms with Gasteiger partial charge in [-0.3, -0.25) is 0 Å². The lowest BCUT2D eigenvalue weighted by Gasteiger charge is -2.28. The SMILES string of the molecule is CC(C)NCCCS(=O)(=O)NC1CCCCC1O. The fraction of sp³-hybridized carbons (Fsp3) is 1.00. The van der Waals surface area contributed by atoms with Crippen LogP contribution in [0.25, 0.3) is 0 Å². The maximum Gasteiger partial charge on any atom is 0.211 e. The third kappa shape index (κ3) is 6.13. The van der Waals surface area contributed by atoms with Crippen molar-refractivity contribution in [2.45, 2.75) is 64.1 Å². The summed E-state index contributed by atoms with van der Waals surface area (Å²) >= 11 is 0. The standard InChI is InChI=1S/C12H26N2O3S/c1-10(2)13-8-5-9-18(16,17)14-11-6-3-4-7-12(11)15/h10-15H,3-9H2,1-2H3. The van der Waals surface area contributed by atoms with E-state index in [2.05, 4.69) is 10.0 Å². The van der Waals surface area contributed by atoms with Gasteiger partial charge in [0.1, 0.15) is 0 Å². The van der Waals surface area contributed by atoms with E-state index in [0.29, 0.717) is 25.4 Å². The smallest absolute Gasteiger partial charge is 0.211 e. The molecule has 5 nitrogen and oxygen atoms in total. The fourth-order valence-corrected chi connectivity index (χ4v) is 3.57. The Balaban J connectivity index is 2.30. The Morgan fingerprint density at radius 1 is 1.28 bits per heavy atom. The molecule has 2 unspecified atom stereocenters. The molecule has 0 spiro atoms. The average Bonchev–Trinajstić information content (AvgIpc) is 2.27. The zero-order chi connectivity index (χ0) is 13.6. The molecule has 1 aliphatic rings. The lowest BCUT2D eigenvalue weighted by molar-refractivity contribution is 0.101. The normalized spacial score (nSPS) is 25.6. The van der Waals surface area contributed by atoms with Crippen LogP contribution >= 0.6 is 0 Å². The molecular weight excluding hydrogens is 252 g/mol. The quantitative estimate of drug-likeness (QED) is 0.596. The molecule has 0 aromatic heterocycles. The first-order chi connectivity index (χ1) is 8.41. The first-order valence-electron chi connectivity index (χ1n) is 6.82. The third-order valence-corrected chi connectivity index (χ3v) is 4.69. The van der Waals surface area contributed by atoms with Crippen LogP contribution < -0.4 is 10.0 Å². The lowest BCUT2D eigenvalue weighted by atomic mass is 9.93. The molecular formula is C12H26N2O3S. The van der Waals surface area contributed by atoms with E-state index in [9.17, 15) is 13.5 Å². The minimum atomic E-state index is -3.26. The predicted molar refractivity (Wildman–Crippen MR) is 72.9 cm³/mol. The third-order valence-electron chi connectivity index (χ3n) is 3.20. The van der Waals surface area contributed by atoms with Crippen molar-refractivity contribution in [1.82, 2.24) is 10.0 Å². The van der Waals surface area contributed by atoms with Crippen LogP contribution in [0.3, 0.4) is 0 Å². The van der Waals surface area contributed by atoms with E-state index < -0.39 is 16.1 Å². The Bertz CT molecular complexity index is 330. The van der Waals surface area contributed by atoms with Gasteiger partial charge in [0.25, 0.3) is 0 Å². The number of rotatable bonds is 7. The van der Waals surface area contributed by atoms with Crippen LogP contribution in [-0.4, -0.2) is 44.0 Å². The number of aliphatic hydroxyl groups is 1. The van der Waals surface area contributed by atoms with Crippen LogP contribution in [0.15, 0.2) is 0 Å². The minimum Gasteiger partial charge on any atom is -0.391 e. The maximum absolute atomic E-state index is 11.8. The molecule has 108 valence electrons. The molecule has 0 aliphatic heterocycles. The van der Waals surface area contributed by atoms with E-state index in [1.807, 2.05) is 13.8 Å². The van der Waals surface area contributed by atoms with Crippen LogP contribution in [0.4, 0.5) is 0 Å². The largest absolute Gasteiger partial charge is 0.391 e. The Morgan fingerprint density at radius 3 is 2.56 bits per heavy atom. The second-order valence-corrected chi connectivity index (χ2v) is 7.23. The molecule has 6 heteroatoms. The zero-order valence-corrected chi connectivity index (χ0v) is 12.2. The lowest BCUT2D eigenvalue weighted by Crippen LogP contribution is -2.46. The molecule has 0 heterocycles.